The van der Waals surface area contributed by atoms with Crippen molar-refractivity contribution in [3.63, 3.8) is 0 Å². The van der Waals surface area contributed by atoms with Gasteiger partial charge in [-0.25, -0.2) is 9.37 Å². The molecule has 0 bridgehead atoms. The number of alkyl halides is 1. The Bertz CT molecular complexity index is 1400. The number of halogens is 1. The Hall–Kier alpha value is -3.92. The van der Waals surface area contributed by atoms with Crippen molar-refractivity contribution in [2.24, 2.45) is 7.05 Å². The van der Waals surface area contributed by atoms with E-state index in [-0.39, 0.29) is 31.2 Å². The summed E-state index contributed by atoms with van der Waals surface area (Å²) in [6, 6.07) is 7.18. The molecule has 5 heterocycles. The van der Waals surface area contributed by atoms with Crippen LogP contribution in [0.1, 0.15) is 34.2 Å². The van der Waals surface area contributed by atoms with Crippen molar-refractivity contribution in [3.8, 4) is 17.1 Å². The van der Waals surface area contributed by atoms with Crippen LogP contribution in [0.5, 0.6) is 5.88 Å². The number of fused-ring (bicyclic) bond motifs is 2. The molecule has 1 amide bonds. The van der Waals surface area contributed by atoms with Crippen molar-refractivity contribution in [2.75, 3.05) is 13.7 Å². The first-order chi connectivity index (χ1) is 16.3. The summed E-state index contributed by atoms with van der Waals surface area (Å²) in [5.41, 5.74) is 2.37. The fourth-order valence-corrected chi connectivity index (χ4v) is 3.97. The highest BCUT2D eigenvalue weighted by atomic mass is 19.1. The number of hydrogen-bond acceptors (Lipinski definition) is 7. The molecule has 174 valence electrons. The maximum absolute atomic E-state index is 14.8. The van der Waals surface area contributed by atoms with Crippen LogP contribution in [0.4, 0.5) is 4.39 Å². The van der Waals surface area contributed by atoms with Crippen molar-refractivity contribution in [1.82, 2.24) is 30.0 Å². The number of ether oxygens (including phenoxy) is 2. The Morgan fingerprint density at radius 3 is 2.97 bits per heavy atom. The van der Waals surface area contributed by atoms with E-state index in [4.69, 9.17) is 14.5 Å². The molecule has 34 heavy (non-hydrogen) atoms. The summed E-state index contributed by atoms with van der Waals surface area (Å²) in [4.78, 5) is 26.1. The molecular formula is C24H23FN6O3. The van der Waals surface area contributed by atoms with Gasteiger partial charge in [0.05, 0.1) is 60.6 Å². The van der Waals surface area contributed by atoms with Crippen molar-refractivity contribution < 1.29 is 18.7 Å². The van der Waals surface area contributed by atoms with Gasteiger partial charge in [-0.1, -0.05) is 0 Å². The summed E-state index contributed by atoms with van der Waals surface area (Å²) in [7, 11) is 3.38. The zero-order valence-corrected chi connectivity index (χ0v) is 19.0. The Morgan fingerprint density at radius 1 is 1.29 bits per heavy atom. The van der Waals surface area contributed by atoms with E-state index in [1.54, 1.807) is 24.1 Å². The lowest BCUT2D eigenvalue weighted by Gasteiger charge is -2.28. The van der Waals surface area contributed by atoms with Gasteiger partial charge in [0.1, 0.15) is 0 Å². The van der Waals surface area contributed by atoms with E-state index in [0.29, 0.717) is 22.8 Å². The van der Waals surface area contributed by atoms with E-state index >= 15 is 0 Å². The van der Waals surface area contributed by atoms with Crippen LogP contribution in [0.25, 0.3) is 22.2 Å². The van der Waals surface area contributed by atoms with Crippen molar-refractivity contribution in [2.45, 2.75) is 25.7 Å². The number of pyridine rings is 3. The highest BCUT2D eigenvalue weighted by Crippen LogP contribution is 2.33. The lowest BCUT2D eigenvalue weighted by molar-refractivity contribution is -0.00692. The van der Waals surface area contributed by atoms with Gasteiger partial charge >= 0.3 is 0 Å². The van der Waals surface area contributed by atoms with Gasteiger partial charge in [0.25, 0.3) is 5.91 Å². The molecule has 9 nitrogen and oxygen atoms in total. The lowest BCUT2D eigenvalue weighted by atomic mass is 9.94. The van der Waals surface area contributed by atoms with Crippen LogP contribution < -0.4 is 10.1 Å². The van der Waals surface area contributed by atoms with Gasteiger partial charge in [-0.15, -0.1) is 5.10 Å². The van der Waals surface area contributed by atoms with Crippen molar-refractivity contribution >= 4 is 16.8 Å². The first-order valence-electron chi connectivity index (χ1n) is 10.7. The normalized spacial score (nSPS) is 17.4. The molecule has 0 radical (unpaired) electrons. The van der Waals surface area contributed by atoms with Crippen LogP contribution in [0.2, 0.25) is 0 Å². The largest absolute Gasteiger partial charge is 0.479 e. The number of nitrogens with zero attached hydrogens (tertiary/aromatic N) is 5. The SMILES string of the molecule is COc1nn(C)cc1-c1ccc2cnc(CNC(=O)c3cnc4c(c3)[C@](C)(F)COC4)cc2n1. The lowest BCUT2D eigenvalue weighted by Crippen LogP contribution is -2.31. The second-order valence-corrected chi connectivity index (χ2v) is 8.38. The van der Waals surface area contributed by atoms with E-state index in [2.05, 4.69) is 20.4 Å². The molecule has 0 aromatic carbocycles. The molecule has 1 aliphatic heterocycles. The Morgan fingerprint density at radius 2 is 2.15 bits per heavy atom. The van der Waals surface area contributed by atoms with Crippen LogP contribution in [-0.2, 0) is 30.6 Å². The van der Waals surface area contributed by atoms with Crippen molar-refractivity contribution in [3.05, 3.63) is 65.4 Å². The number of nitrogens with one attached hydrogen (secondary N) is 1. The summed E-state index contributed by atoms with van der Waals surface area (Å²) < 4.78 is 27.0. The molecule has 0 fully saturated rings. The average Bonchev–Trinajstić information content (AvgIpc) is 3.22. The number of amides is 1. The third kappa shape index (κ3) is 4.08. The van der Waals surface area contributed by atoms with Crippen LogP contribution in [0.3, 0.4) is 0 Å². The number of carbonyl (C=O) groups is 1. The monoisotopic (exact) mass is 462 g/mol. The predicted molar refractivity (Wildman–Crippen MR) is 122 cm³/mol. The van der Waals surface area contributed by atoms with Gasteiger partial charge in [0.15, 0.2) is 5.67 Å². The topological polar surface area (TPSA) is 104 Å². The molecule has 4 aromatic rings. The molecule has 1 atom stereocenters. The average molecular weight is 462 g/mol. The molecule has 0 aliphatic carbocycles. The van der Waals surface area contributed by atoms with E-state index in [9.17, 15) is 9.18 Å². The second kappa shape index (κ2) is 8.45. The Balaban J connectivity index is 1.35. The minimum atomic E-state index is -1.68. The molecular weight excluding hydrogens is 439 g/mol. The predicted octanol–water partition coefficient (Wildman–Crippen LogP) is 3.08. The highest BCUT2D eigenvalue weighted by Gasteiger charge is 2.34. The van der Waals surface area contributed by atoms with E-state index in [1.165, 1.54) is 13.1 Å². The molecule has 5 rings (SSSR count). The maximum atomic E-state index is 14.8. The Labute approximate surface area is 195 Å². The Kier molecular flexibility index (Phi) is 5.45. The van der Waals surface area contributed by atoms with Gasteiger partial charge in [-0.05, 0) is 31.2 Å². The standard InChI is InChI=1S/C24H23FN6O3/c1-24(25)13-34-12-21-18(24)6-15(9-27-21)22(32)28-10-16-7-20-14(8-26-16)4-5-19(29-20)17-11-31(2)30-23(17)33-3/h4-9,11H,10,12-13H2,1-3H3,(H,28,32)/t24-/m1/s1. The van der Waals surface area contributed by atoms with Gasteiger partial charge < -0.3 is 14.8 Å². The molecule has 0 unspecified atom stereocenters. The fourth-order valence-electron chi connectivity index (χ4n) is 3.97. The maximum Gasteiger partial charge on any atom is 0.253 e. The first-order valence-corrected chi connectivity index (χ1v) is 10.7. The number of hydrogen-bond donors (Lipinski definition) is 1. The van der Waals surface area contributed by atoms with Gasteiger partial charge in [-0.3, -0.25) is 19.4 Å². The van der Waals surface area contributed by atoms with Gasteiger partial charge in [0.2, 0.25) is 5.88 Å². The minimum absolute atomic E-state index is 0.0618. The zero-order valence-electron chi connectivity index (χ0n) is 19.0. The molecule has 1 aliphatic rings. The minimum Gasteiger partial charge on any atom is -0.479 e. The van der Waals surface area contributed by atoms with Gasteiger partial charge in [0, 0.05) is 36.6 Å². The van der Waals surface area contributed by atoms with Crippen molar-refractivity contribution in [1.29, 1.82) is 0 Å². The zero-order chi connectivity index (χ0) is 23.9. The number of methoxy groups -OCH3 is 1. The fraction of sp³-hybridized carbons (Fsp3) is 0.292. The summed E-state index contributed by atoms with van der Waals surface area (Å²) in [6.07, 6.45) is 4.99. The molecule has 0 spiro atoms. The number of aromatic nitrogens is 5. The summed E-state index contributed by atoms with van der Waals surface area (Å²) in [6.45, 7) is 1.78. The van der Waals surface area contributed by atoms with E-state index < -0.39 is 5.67 Å². The first kappa shape index (κ1) is 21.9. The highest BCUT2D eigenvalue weighted by molar-refractivity contribution is 5.94. The third-order valence-corrected chi connectivity index (χ3v) is 5.73. The van der Waals surface area contributed by atoms with Crippen LogP contribution in [-0.4, -0.2) is 44.4 Å². The van der Waals surface area contributed by atoms with Gasteiger partial charge in [-0.2, -0.15) is 0 Å². The number of aryl methyl sites for hydroxylation is 1. The van der Waals surface area contributed by atoms with Crippen LogP contribution >= 0.6 is 0 Å². The molecule has 10 heteroatoms. The summed E-state index contributed by atoms with van der Waals surface area (Å²) >= 11 is 0. The number of carbonyl (C=O) groups excluding carboxylic acids is 1. The van der Waals surface area contributed by atoms with E-state index in [0.717, 1.165) is 22.2 Å². The van der Waals surface area contributed by atoms with Crippen LogP contribution in [0, 0.1) is 0 Å². The summed E-state index contributed by atoms with van der Waals surface area (Å²) in [5.74, 6) is 0.131. The van der Waals surface area contributed by atoms with E-state index in [1.807, 2.05) is 31.4 Å². The quantitative estimate of drug-likeness (QED) is 0.486. The molecule has 4 aromatic heterocycles. The summed E-state index contributed by atoms with van der Waals surface area (Å²) in [5, 5.41) is 7.97. The smallest absolute Gasteiger partial charge is 0.253 e. The molecule has 0 saturated heterocycles. The second-order valence-electron chi connectivity index (χ2n) is 8.38. The third-order valence-electron chi connectivity index (χ3n) is 5.73. The van der Waals surface area contributed by atoms with Crippen LogP contribution in [0.15, 0.2) is 42.9 Å². The number of rotatable bonds is 5. The molecule has 1 N–H and O–H groups in total. The molecule has 0 saturated carbocycles.